The molecule has 2 rings (SSSR count). The first kappa shape index (κ1) is 14.1. The van der Waals surface area contributed by atoms with Crippen LogP contribution >= 0.6 is 0 Å². The second kappa shape index (κ2) is 5.36. The van der Waals surface area contributed by atoms with E-state index >= 15 is 0 Å². The van der Waals surface area contributed by atoms with Crippen LogP contribution < -0.4 is 4.74 Å². The highest BCUT2D eigenvalue weighted by Crippen LogP contribution is 2.28. The number of rotatable bonds is 2. The van der Waals surface area contributed by atoms with Crippen LogP contribution in [-0.4, -0.2) is 5.97 Å². The van der Waals surface area contributed by atoms with Crippen molar-refractivity contribution >= 4 is 5.97 Å². The lowest BCUT2D eigenvalue weighted by molar-refractivity contribution is -0.131. The van der Waals surface area contributed by atoms with Gasteiger partial charge in [0.1, 0.15) is 23.2 Å². The Balaban J connectivity index is 2.46. The van der Waals surface area contributed by atoms with Crippen LogP contribution in [0.1, 0.15) is 12.5 Å². The summed E-state index contributed by atoms with van der Waals surface area (Å²) in [6.45, 7) is 2.49. The van der Waals surface area contributed by atoms with Gasteiger partial charge in [0.15, 0.2) is 0 Å². The van der Waals surface area contributed by atoms with Crippen LogP contribution in [0.3, 0.4) is 0 Å². The van der Waals surface area contributed by atoms with Crippen molar-refractivity contribution in [3.05, 3.63) is 53.3 Å². The lowest BCUT2D eigenvalue weighted by Gasteiger charge is -2.08. The molecule has 0 aliphatic carbocycles. The van der Waals surface area contributed by atoms with E-state index in [0.717, 1.165) is 18.2 Å². The van der Waals surface area contributed by atoms with Crippen LogP contribution in [0.4, 0.5) is 13.2 Å². The van der Waals surface area contributed by atoms with Crippen molar-refractivity contribution in [3.8, 4) is 16.9 Å². The number of benzene rings is 2. The molecule has 0 aromatic heterocycles. The molecule has 0 radical (unpaired) electrons. The van der Waals surface area contributed by atoms with Crippen LogP contribution in [0.5, 0.6) is 5.75 Å². The first-order valence-corrected chi connectivity index (χ1v) is 5.82. The van der Waals surface area contributed by atoms with E-state index < -0.39 is 23.4 Å². The summed E-state index contributed by atoms with van der Waals surface area (Å²) in [5.74, 6) is -2.77. The lowest BCUT2D eigenvalue weighted by Crippen LogP contribution is -2.01. The molecule has 2 aromatic rings. The van der Waals surface area contributed by atoms with Crippen LogP contribution in [0.2, 0.25) is 0 Å². The molecular weight excluding hydrogens is 269 g/mol. The minimum atomic E-state index is -0.747. The van der Waals surface area contributed by atoms with Crippen molar-refractivity contribution in [2.24, 2.45) is 0 Å². The molecule has 0 saturated carbocycles. The van der Waals surface area contributed by atoms with E-state index in [1.807, 2.05) is 0 Å². The van der Waals surface area contributed by atoms with E-state index in [2.05, 4.69) is 0 Å². The Bertz CT molecular complexity index is 658. The van der Waals surface area contributed by atoms with E-state index in [1.54, 1.807) is 0 Å². The Morgan fingerprint density at radius 1 is 1.00 bits per heavy atom. The van der Waals surface area contributed by atoms with Gasteiger partial charge in [-0.15, -0.1) is 0 Å². The number of hydrogen-bond acceptors (Lipinski definition) is 2. The molecule has 20 heavy (non-hydrogen) atoms. The summed E-state index contributed by atoms with van der Waals surface area (Å²) in [5, 5.41) is 0. The molecule has 2 nitrogen and oxygen atoms in total. The number of hydrogen-bond donors (Lipinski definition) is 0. The fourth-order valence-electron chi connectivity index (χ4n) is 1.76. The van der Waals surface area contributed by atoms with Gasteiger partial charge in [-0.2, -0.15) is 0 Å². The van der Waals surface area contributed by atoms with Crippen molar-refractivity contribution in [2.45, 2.75) is 13.8 Å². The zero-order chi connectivity index (χ0) is 14.9. The molecule has 0 spiro atoms. The van der Waals surface area contributed by atoms with Gasteiger partial charge < -0.3 is 4.74 Å². The molecule has 0 unspecified atom stereocenters. The zero-order valence-electron chi connectivity index (χ0n) is 10.8. The number of ether oxygens (including phenoxy) is 1. The predicted molar refractivity (Wildman–Crippen MR) is 67.8 cm³/mol. The van der Waals surface area contributed by atoms with Crippen molar-refractivity contribution in [1.29, 1.82) is 0 Å². The first-order valence-electron chi connectivity index (χ1n) is 5.82. The minimum Gasteiger partial charge on any atom is -0.427 e. The molecule has 0 atom stereocenters. The Morgan fingerprint density at radius 3 is 2.10 bits per heavy atom. The maximum Gasteiger partial charge on any atom is 0.308 e. The highest BCUT2D eigenvalue weighted by atomic mass is 19.1. The maximum atomic E-state index is 13.9. The molecule has 0 amide bonds. The van der Waals surface area contributed by atoms with Crippen molar-refractivity contribution in [3.63, 3.8) is 0 Å². The molecule has 0 bridgehead atoms. The van der Waals surface area contributed by atoms with Crippen LogP contribution in [0.25, 0.3) is 11.1 Å². The highest BCUT2D eigenvalue weighted by Gasteiger charge is 2.12. The third-order valence-electron chi connectivity index (χ3n) is 2.79. The predicted octanol–water partition coefficient (Wildman–Crippen LogP) is 4.00. The molecule has 0 aliphatic heterocycles. The molecule has 0 N–H and O–H groups in total. The van der Waals surface area contributed by atoms with Gasteiger partial charge in [0.2, 0.25) is 0 Å². The molecule has 5 heteroatoms. The van der Waals surface area contributed by atoms with Crippen molar-refractivity contribution < 1.29 is 22.7 Å². The summed E-state index contributed by atoms with van der Waals surface area (Å²) >= 11 is 0. The molecule has 104 valence electrons. The summed E-state index contributed by atoms with van der Waals surface area (Å²) in [7, 11) is 0. The second-order valence-corrected chi connectivity index (χ2v) is 4.30. The van der Waals surface area contributed by atoms with Gasteiger partial charge in [0.25, 0.3) is 0 Å². The SMILES string of the molecule is CC(=O)Oc1ccc(-c2cc(F)c(C)c(F)c2)c(F)c1. The Labute approximate surface area is 113 Å². The summed E-state index contributed by atoms with van der Waals surface area (Å²) in [5.41, 5.74) is -0.0122. The van der Waals surface area contributed by atoms with Crippen molar-refractivity contribution in [1.82, 2.24) is 0 Å². The standard InChI is InChI=1S/C15H11F3O2/c1-8-13(16)5-10(6-14(8)17)12-4-3-11(7-15(12)18)20-9(2)19/h3-7H,1-2H3. The molecule has 0 fully saturated rings. The summed E-state index contributed by atoms with van der Waals surface area (Å²) in [6, 6.07) is 5.77. The van der Waals surface area contributed by atoms with Gasteiger partial charge in [0, 0.05) is 24.1 Å². The van der Waals surface area contributed by atoms with Gasteiger partial charge in [-0.25, -0.2) is 13.2 Å². The topological polar surface area (TPSA) is 26.3 Å². The summed E-state index contributed by atoms with van der Waals surface area (Å²) < 4.78 is 45.6. The normalized spacial score (nSPS) is 10.4. The third-order valence-corrected chi connectivity index (χ3v) is 2.79. The Hall–Kier alpha value is -2.30. The van der Waals surface area contributed by atoms with Crippen molar-refractivity contribution in [2.75, 3.05) is 0 Å². The lowest BCUT2D eigenvalue weighted by atomic mass is 10.0. The second-order valence-electron chi connectivity index (χ2n) is 4.30. The summed E-state index contributed by atoms with van der Waals surface area (Å²) in [6.07, 6.45) is 0. The minimum absolute atomic E-state index is 0.0266. The number of esters is 1. The van der Waals surface area contributed by atoms with Crippen LogP contribution in [0.15, 0.2) is 30.3 Å². The average Bonchev–Trinajstić information content (AvgIpc) is 2.34. The van der Waals surface area contributed by atoms with E-state index in [-0.39, 0.29) is 22.4 Å². The van der Waals surface area contributed by atoms with Gasteiger partial charge >= 0.3 is 5.97 Å². The average molecular weight is 280 g/mol. The van der Waals surface area contributed by atoms with Gasteiger partial charge in [0.05, 0.1) is 0 Å². The highest BCUT2D eigenvalue weighted by molar-refractivity contribution is 5.70. The number of carbonyl (C=O) groups excluding carboxylic acids is 1. The number of halogens is 3. The number of carbonyl (C=O) groups is 1. The quantitative estimate of drug-likeness (QED) is 0.614. The smallest absolute Gasteiger partial charge is 0.308 e. The van der Waals surface area contributed by atoms with E-state index in [0.29, 0.717) is 0 Å². The molecule has 0 aliphatic rings. The fraction of sp³-hybridized carbons (Fsp3) is 0.133. The third kappa shape index (κ3) is 2.82. The fourth-order valence-corrected chi connectivity index (χ4v) is 1.76. The Kier molecular flexibility index (Phi) is 3.79. The van der Waals surface area contributed by atoms with E-state index in [1.165, 1.54) is 26.0 Å². The van der Waals surface area contributed by atoms with E-state index in [9.17, 15) is 18.0 Å². The molecule has 0 heterocycles. The van der Waals surface area contributed by atoms with Gasteiger partial charge in [-0.1, -0.05) is 0 Å². The largest absolute Gasteiger partial charge is 0.427 e. The monoisotopic (exact) mass is 280 g/mol. The molecular formula is C15H11F3O2. The molecule has 2 aromatic carbocycles. The van der Waals surface area contributed by atoms with E-state index in [4.69, 9.17) is 4.74 Å². The maximum absolute atomic E-state index is 13.9. The summed E-state index contributed by atoms with van der Waals surface area (Å²) in [4.78, 5) is 10.8. The zero-order valence-corrected chi connectivity index (χ0v) is 10.8. The van der Waals surface area contributed by atoms with Crippen LogP contribution in [-0.2, 0) is 4.79 Å². The van der Waals surface area contributed by atoms with Crippen LogP contribution in [0, 0.1) is 24.4 Å². The van der Waals surface area contributed by atoms with Gasteiger partial charge in [-0.3, -0.25) is 4.79 Å². The Morgan fingerprint density at radius 2 is 1.60 bits per heavy atom. The van der Waals surface area contributed by atoms with Gasteiger partial charge in [-0.05, 0) is 36.8 Å². The molecule has 0 saturated heterocycles. The first-order chi connectivity index (χ1) is 9.38.